The lowest BCUT2D eigenvalue weighted by Gasteiger charge is -2.30. The van der Waals surface area contributed by atoms with Gasteiger partial charge in [0.1, 0.15) is 5.75 Å². The number of carboxylic acid groups (broad SMARTS) is 1. The molecule has 0 atom stereocenters. The van der Waals surface area contributed by atoms with Gasteiger partial charge in [-0.05, 0) is 56.2 Å². The van der Waals surface area contributed by atoms with Crippen molar-refractivity contribution in [3.63, 3.8) is 0 Å². The molecule has 178 valence electrons. The SMILES string of the molecule is CCOc1ccc(-n2c(SCC(=O)N3CCC(C(=O)O)CC3)nnc2-c2ccc(Br)cc2)cc1. The molecule has 2 heterocycles. The van der Waals surface area contributed by atoms with Crippen molar-refractivity contribution in [2.24, 2.45) is 5.92 Å². The van der Waals surface area contributed by atoms with Crippen molar-refractivity contribution in [3.8, 4) is 22.8 Å². The monoisotopic (exact) mass is 544 g/mol. The normalized spacial score (nSPS) is 14.2. The predicted octanol–water partition coefficient (Wildman–Crippen LogP) is 4.51. The highest BCUT2D eigenvalue weighted by Gasteiger charge is 2.27. The molecule has 3 aromatic rings. The summed E-state index contributed by atoms with van der Waals surface area (Å²) in [6.07, 6.45) is 0.976. The van der Waals surface area contributed by atoms with Gasteiger partial charge in [-0.2, -0.15) is 0 Å². The van der Waals surface area contributed by atoms with E-state index >= 15 is 0 Å². The number of amides is 1. The van der Waals surface area contributed by atoms with Crippen LogP contribution < -0.4 is 4.74 Å². The molecule has 1 aliphatic rings. The van der Waals surface area contributed by atoms with Crippen LogP contribution in [0.5, 0.6) is 5.75 Å². The molecule has 8 nitrogen and oxygen atoms in total. The minimum atomic E-state index is -0.787. The average molecular weight is 545 g/mol. The van der Waals surface area contributed by atoms with Crippen molar-refractivity contribution in [3.05, 3.63) is 53.0 Å². The maximum absolute atomic E-state index is 12.8. The van der Waals surface area contributed by atoms with E-state index in [2.05, 4.69) is 26.1 Å². The molecule has 1 fully saturated rings. The van der Waals surface area contributed by atoms with Crippen LogP contribution in [-0.4, -0.2) is 62.1 Å². The Morgan fingerprint density at radius 1 is 1.09 bits per heavy atom. The summed E-state index contributed by atoms with van der Waals surface area (Å²) in [7, 11) is 0. The van der Waals surface area contributed by atoms with Crippen LogP contribution in [0.15, 0.2) is 58.2 Å². The molecule has 10 heteroatoms. The van der Waals surface area contributed by atoms with Crippen LogP contribution in [0.3, 0.4) is 0 Å². The number of thioether (sulfide) groups is 1. The Morgan fingerprint density at radius 2 is 1.76 bits per heavy atom. The lowest BCUT2D eigenvalue weighted by molar-refractivity contribution is -0.145. The number of carbonyl (C=O) groups excluding carboxylic acids is 1. The summed E-state index contributed by atoms with van der Waals surface area (Å²) < 4.78 is 8.47. The summed E-state index contributed by atoms with van der Waals surface area (Å²) in [6.45, 7) is 3.45. The first kappa shape index (κ1) is 24.3. The molecule has 0 aliphatic carbocycles. The Labute approximate surface area is 210 Å². The van der Waals surface area contributed by atoms with Gasteiger partial charge < -0.3 is 14.7 Å². The van der Waals surface area contributed by atoms with E-state index in [1.165, 1.54) is 11.8 Å². The Kier molecular flexibility index (Phi) is 7.89. The number of aromatic nitrogens is 3. The van der Waals surface area contributed by atoms with Gasteiger partial charge in [0.05, 0.1) is 18.3 Å². The number of rotatable bonds is 8. The summed E-state index contributed by atoms with van der Waals surface area (Å²) >= 11 is 4.79. The summed E-state index contributed by atoms with van der Waals surface area (Å²) in [5.74, 6) is 0.471. The molecular weight excluding hydrogens is 520 g/mol. The number of piperidine rings is 1. The van der Waals surface area contributed by atoms with Crippen molar-refractivity contribution in [2.75, 3.05) is 25.4 Å². The summed E-state index contributed by atoms with van der Waals surface area (Å²) in [6, 6.07) is 15.5. The van der Waals surface area contributed by atoms with Gasteiger partial charge in [0.25, 0.3) is 0 Å². The second-order valence-corrected chi connectivity index (χ2v) is 9.72. The molecule has 4 rings (SSSR count). The van der Waals surface area contributed by atoms with Gasteiger partial charge in [0, 0.05) is 28.8 Å². The average Bonchev–Trinajstić information content (AvgIpc) is 3.27. The third-order valence-electron chi connectivity index (χ3n) is 5.66. The molecule has 1 aliphatic heterocycles. The number of ether oxygens (including phenoxy) is 1. The van der Waals surface area contributed by atoms with Gasteiger partial charge in [-0.1, -0.05) is 39.8 Å². The largest absolute Gasteiger partial charge is 0.494 e. The highest BCUT2D eigenvalue weighted by molar-refractivity contribution is 9.10. The fourth-order valence-corrected chi connectivity index (χ4v) is 4.95. The lowest BCUT2D eigenvalue weighted by atomic mass is 9.97. The Morgan fingerprint density at radius 3 is 2.38 bits per heavy atom. The molecular formula is C24H25BrN4O4S. The molecule has 2 aromatic carbocycles. The van der Waals surface area contributed by atoms with E-state index < -0.39 is 5.97 Å². The van der Waals surface area contributed by atoms with E-state index in [9.17, 15) is 14.7 Å². The summed E-state index contributed by atoms with van der Waals surface area (Å²) in [5, 5.41) is 18.6. The Balaban J connectivity index is 1.55. The van der Waals surface area contributed by atoms with Crippen molar-refractivity contribution in [2.45, 2.75) is 24.9 Å². The number of nitrogens with zero attached hydrogens (tertiary/aromatic N) is 4. The molecule has 0 radical (unpaired) electrons. The molecule has 1 N–H and O–H groups in total. The van der Waals surface area contributed by atoms with Gasteiger partial charge in [-0.15, -0.1) is 10.2 Å². The van der Waals surface area contributed by atoms with E-state index in [0.29, 0.717) is 43.5 Å². The maximum Gasteiger partial charge on any atom is 0.306 e. The number of aliphatic carboxylic acids is 1. The van der Waals surface area contributed by atoms with Crippen molar-refractivity contribution >= 4 is 39.6 Å². The molecule has 0 saturated carbocycles. The standard InChI is InChI=1S/C24H25BrN4O4S/c1-2-33-20-9-7-19(8-10-20)29-22(16-3-5-18(25)6-4-16)26-27-24(29)34-15-21(30)28-13-11-17(12-14-28)23(31)32/h3-10,17H,2,11-15H2,1H3,(H,31,32). The van der Waals surface area contributed by atoms with Crippen LogP contribution in [-0.2, 0) is 9.59 Å². The van der Waals surface area contributed by atoms with E-state index in [-0.39, 0.29) is 17.6 Å². The molecule has 1 amide bonds. The quantitative estimate of drug-likeness (QED) is 0.416. The number of carboxylic acids is 1. The Hall–Kier alpha value is -2.85. The third-order valence-corrected chi connectivity index (χ3v) is 7.11. The van der Waals surface area contributed by atoms with E-state index in [1.807, 2.05) is 60.0 Å². The number of benzene rings is 2. The Bertz CT molecular complexity index is 1140. The van der Waals surface area contributed by atoms with Gasteiger partial charge in [0.2, 0.25) is 5.91 Å². The van der Waals surface area contributed by atoms with E-state index in [1.54, 1.807) is 4.90 Å². The van der Waals surface area contributed by atoms with E-state index in [4.69, 9.17) is 4.74 Å². The number of hydrogen-bond acceptors (Lipinski definition) is 6. The van der Waals surface area contributed by atoms with Crippen molar-refractivity contribution in [1.82, 2.24) is 19.7 Å². The smallest absolute Gasteiger partial charge is 0.306 e. The molecule has 0 bridgehead atoms. The van der Waals surface area contributed by atoms with Crippen LogP contribution in [0.1, 0.15) is 19.8 Å². The first-order valence-corrected chi connectivity index (χ1v) is 12.8. The van der Waals surface area contributed by atoms with Crippen LogP contribution in [0.25, 0.3) is 17.1 Å². The van der Waals surface area contributed by atoms with Crippen LogP contribution in [0.4, 0.5) is 0 Å². The molecule has 1 aromatic heterocycles. The number of hydrogen-bond donors (Lipinski definition) is 1. The third kappa shape index (κ3) is 5.61. The molecule has 1 saturated heterocycles. The number of carbonyl (C=O) groups is 2. The van der Waals surface area contributed by atoms with Crippen molar-refractivity contribution in [1.29, 1.82) is 0 Å². The fraction of sp³-hybridized carbons (Fsp3) is 0.333. The zero-order valence-electron chi connectivity index (χ0n) is 18.7. The number of likely N-dealkylation sites (tertiary alicyclic amines) is 1. The highest BCUT2D eigenvalue weighted by atomic mass is 79.9. The van der Waals surface area contributed by atoms with E-state index in [0.717, 1.165) is 21.5 Å². The van der Waals surface area contributed by atoms with Crippen molar-refractivity contribution < 1.29 is 19.4 Å². The topological polar surface area (TPSA) is 97.5 Å². The first-order valence-electron chi connectivity index (χ1n) is 11.0. The van der Waals surface area contributed by atoms with Crippen LogP contribution >= 0.6 is 27.7 Å². The van der Waals surface area contributed by atoms with Gasteiger partial charge in [-0.25, -0.2) is 0 Å². The van der Waals surface area contributed by atoms with Gasteiger partial charge in [0.15, 0.2) is 11.0 Å². The highest BCUT2D eigenvalue weighted by Crippen LogP contribution is 2.30. The molecule has 0 unspecified atom stereocenters. The summed E-state index contributed by atoms with van der Waals surface area (Å²) in [4.78, 5) is 25.7. The van der Waals surface area contributed by atoms with Gasteiger partial charge >= 0.3 is 5.97 Å². The van der Waals surface area contributed by atoms with Crippen LogP contribution in [0, 0.1) is 5.92 Å². The summed E-state index contributed by atoms with van der Waals surface area (Å²) in [5.41, 5.74) is 1.77. The molecule has 0 spiro atoms. The second-order valence-electron chi connectivity index (χ2n) is 7.86. The first-order chi connectivity index (χ1) is 16.5. The van der Waals surface area contributed by atoms with Crippen LogP contribution in [0.2, 0.25) is 0 Å². The fourth-order valence-electron chi connectivity index (χ4n) is 3.83. The minimum Gasteiger partial charge on any atom is -0.494 e. The predicted molar refractivity (Wildman–Crippen MR) is 133 cm³/mol. The zero-order valence-corrected chi connectivity index (χ0v) is 21.1. The van der Waals surface area contributed by atoms with Gasteiger partial charge in [-0.3, -0.25) is 14.2 Å². The zero-order chi connectivity index (χ0) is 24.1. The minimum absolute atomic E-state index is 0.0275. The lowest BCUT2D eigenvalue weighted by Crippen LogP contribution is -2.41. The molecule has 34 heavy (non-hydrogen) atoms. The number of halogens is 1. The second kappa shape index (κ2) is 11.1. The maximum atomic E-state index is 12.8.